The summed E-state index contributed by atoms with van der Waals surface area (Å²) in [5.41, 5.74) is 1.42. The molecule has 126 valence electrons. The van der Waals surface area contributed by atoms with E-state index in [2.05, 4.69) is 15.5 Å². The van der Waals surface area contributed by atoms with Crippen molar-refractivity contribution in [2.45, 2.75) is 45.9 Å². The van der Waals surface area contributed by atoms with Crippen molar-refractivity contribution in [1.82, 2.24) is 4.90 Å². The maximum atomic E-state index is 12.4. The Morgan fingerprint density at radius 1 is 1.09 bits per heavy atom. The van der Waals surface area contributed by atoms with Gasteiger partial charge in [0.15, 0.2) is 0 Å². The van der Waals surface area contributed by atoms with Crippen LogP contribution in [0.3, 0.4) is 0 Å². The van der Waals surface area contributed by atoms with Crippen LogP contribution in [-0.2, 0) is 14.3 Å². The van der Waals surface area contributed by atoms with Crippen molar-refractivity contribution in [2.75, 3.05) is 23.7 Å². The van der Waals surface area contributed by atoms with Gasteiger partial charge in [-0.05, 0) is 45.0 Å². The molecule has 1 heterocycles. The van der Waals surface area contributed by atoms with Crippen molar-refractivity contribution in [3.05, 3.63) is 24.3 Å². The van der Waals surface area contributed by atoms with Crippen LogP contribution in [0.2, 0.25) is 0 Å². The van der Waals surface area contributed by atoms with E-state index in [1.807, 2.05) is 20.8 Å². The van der Waals surface area contributed by atoms with Gasteiger partial charge in [0.05, 0.1) is 18.2 Å². The fourth-order valence-electron chi connectivity index (χ4n) is 2.79. The van der Waals surface area contributed by atoms with E-state index in [0.29, 0.717) is 11.4 Å². The van der Waals surface area contributed by atoms with Crippen LogP contribution in [0.25, 0.3) is 0 Å². The number of amides is 2. The minimum absolute atomic E-state index is 0.0430. The Kier molecular flexibility index (Phi) is 5.74. The third kappa shape index (κ3) is 5.04. The molecule has 0 bridgehead atoms. The van der Waals surface area contributed by atoms with Crippen LogP contribution in [0, 0.1) is 0 Å². The molecule has 2 rings (SSSR count). The molecule has 0 unspecified atom stereocenters. The van der Waals surface area contributed by atoms with Crippen LogP contribution in [0.15, 0.2) is 24.3 Å². The normalized spacial score (nSPS) is 23.1. The highest BCUT2D eigenvalue weighted by molar-refractivity contribution is 5.95. The molecule has 1 saturated heterocycles. The summed E-state index contributed by atoms with van der Waals surface area (Å²) in [6.45, 7) is 8.91. The third-order valence-electron chi connectivity index (χ3n) is 3.85. The summed E-state index contributed by atoms with van der Waals surface area (Å²) in [6.07, 6.45) is 0.261. The van der Waals surface area contributed by atoms with E-state index in [0.717, 1.165) is 13.1 Å². The second-order valence-electron chi connectivity index (χ2n) is 6.13. The molecule has 6 heteroatoms. The van der Waals surface area contributed by atoms with Gasteiger partial charge in [-0.3, -0.25) is 14.5 Å². The molecule has 23 heavy (non-hydrogen) atoms. The lowest BCUT2D eigenvalue weighted by atomic mass is 10.1. The highest BCUT2D eigenvalue weighted by Crippen LogP contribution is 2.17. The van der Waals surface area contributed by atoms with Crippen LogP contribution in [0.1, 0.15) is 27.7 Å². The van der Waals surface area contributed by atoms with Crippen molar-refractivity contribution in [3.63, 3.8) is 0 Å². The van der Waals surface area contributed by atoms with E-state index in [4.69, 9.17) is 4.74 Å². The fourth-order valence-corrected chi connectivity index (χ4v) is 2.79. The van der Waals surface area contributed by atoms with Crippen molar-refractivity contribution in [2.24, 2.45) is 0 Å². The monoisotopic (exact) mass is 319 g/mol. The third-order valence-corrected chi connectivity index (χ3v) is 3.85. The Morgan fingerprint density at radius 3 is 2.04 bits per heavy atom. The summed E-state index contributed by atoms with van der Waals surface area (Å²) < 4.78 is 5.70. The smallest absolute Gasteiger partial charge is 0.241 e. The summed E-state index contributed by atoms with van der Waals surface area (Å²) in [4.78, 5) is 25.6. The minimum Gasteiger partial charge on any atom is -0.373 e. The summed E-state index contributed by atoms with van der Waals surface area (Å²) in [5, 5.41) is 5.61. The van der Waals surface area contributed by atoms with Gasteiger partial charge in [-0.25, -0.2) is 0 Å². The van der Waals surface area contributed by atoms with Gasteiger partial charge in [-0.15, -0.1) is 0 Å². The van der Waals surface area contributed by atoms with E-state index < -0.39 is 0 Å². The van der Waals surface area contributed by atoms with Gasteiger partial charge in [0, 0.05) is 31.4 Å². The van der Waals surface area contributed by atoms with Gasteiger partial charge in [0.2, 0.25) is 11.8 Å². The van der Waals surface area contributed by atoms with Gasteiger partial charge >= 0.3 is 0 Å². The van der Waals surface area contributed by atoms with Crippen molar-refractivity contribution < 1.29 is 14.3 Å². The molecular formula is C17H25N3O3. The SMILES string of the molecule is CC(=O)Nc1ccc(NC(=O)[C@H](C)N2C[C@@H](C)O[C@H](C)C2)cc1. The van der Waals surface area contributed by atoms with E-state index in [9.17, 15) is 9.59 Å². The summed E-state index contributed by atoms with van der Waals surface area (Å²) >= 11 is 0. The maximum Gasteiger partial charge on any atom is 0.241 e. The molecule has 0 saturated carbocycles. The Balaban J connectivity index is 1.94. The molecule has 2 N–H and O–H groups in total. The predicted molar refractivity (Wildman–Crippen MR) is 90.4 cm³/mol. The van der Waals surface area contributed by atoms with Gasteiger partial charge in [-0.2, -0.15) is 0 Å². The summed E-state index contributed by atoms with van der Waals surface area (Å²) in [7, 11) is 0. The summed E-state index contributed by atoms with van der Waals surface area (Å²) in [5.74, 6) is -0.162. The Bertz CT molecular complexity index is 549. The minimum atomic E-state index is -0.223. The molecule has 0 radical (unpaired) electrons. The van der Waals surface area contributed by atoms with Crippen LogP contribution in [0.5, 0.6) is 0 Å². The molecule has 1 fully saturated rings. The number of carbonyl (C=O) groups is 2. The van der Waals surface area contributed by atoms with Crippen molar-refractivity contribution >= 4 is 23.2 Å². The van der Waals surface area contributed by atoms with Crippen LogP contribution >= 0.6 is 0 Å². The van der Waals surface area contributed by atoms with E-state index in [1.54, 1.807) is 24.3 Å². The molecule has 2 amide bonds. The largest absolute Gasteiger partial charge is 0.373 e. The Hall–Kier alpha value is -1.92. The van der Waals surface area contributed by atoms with Gasteiger partial charge in [0.25, 0.3) is 0 Å². The quantitative estimate of drug-likeness (QED) is 0.891. The average molecular weight is 319 g/mol. The van der Waals surface area contributed by atoms with E-state index in [1.165, 1.54) is 6.92 Å². The van der Waals surface area contributed by atoms with Gasteiger partial charge in [-0.1, -0.05) is 0 Å². The van der Waals surface area contributed by atoms with Crippen molar-refractivity contribution in [1.29, 1.82) is 0 Å². The summed E-state index contributed by atoms with van der Waals surface area (Å²) in [6, 6.07) is 6.86. The standard InChI is InChI=1S/C17H25N3O3/c1-11-9-20(10-12(2)23-11)13(3)17(22)19-16-7-5-15(6-8-16)18-14(4)21/h5-8,11-13H,9-10H2,1-4H3,(H,18,21)(H,19,22)/t11-,12-,13+/m1/s1. The lowest BCUT2D eigenvalue weighted by Crippen LogP contribution is -2.52. The molecule has 1 aliphatic rings. The molecular weight excluding hydrogens is 294 g/mol. The number of hydrogen-bond donors (Lipinski definition) is 2. The molecule has 0 spiro atoms. The lowest BCUT2D eigenvalue weighted by molar-refractivity contribution is -0.126. The number of nitrogens with one attached hydrogen (secondary N) is 2. The predicted octanol–water partition coefficient (Wildman–Crippen LogP) is 2.08. The maximum absolute atomic E-state index is 12.4. The zero-order valence-electron chi connectivity index (χ0n) is 14.1. The molecule has 1 aliphatic heterocycles. The second-order valence-corrected chi connectivity index (χ2v) is 6.13. The molecule has 0 aromatic heterocycles. The van der Waals surface area contributed by atoms with Crippen LogP contribution in [0.4, 0.5) is 11.4 Å². The molecule has 3 atom stereocenters. The Morgan fingerprint density at radius 2 is 1.57 bits per heavy atom. The first kappa shape index (κ1) is 17.4. The number of nitrogens with zero attached hydrogens (tertiary/aromatic N) is 1. The Labute approximate surface area is 137 Å². The lowest BCUT2D eigenvalue weighted by Gasteiger charge is -2.38. The molecule has 0 aliphatic carbocycles. The number of anilines is 2. The second kappa shape index (κ2) is 7.57. The number of morpholine rings is 1. The number of hydrogen-bond acceptors (Lipinski definition) is 4. The first-order chi connectivity index (χ1) is 10.8. The number of carbonyl (C=O) groups excluding carboxylic acids is 2. The van der Waals surface area contributed by atoms with Gasteiger partial charge < -0.3 is 15.4 Å². The van der Waals surface area contributed by atoms with E-state index in [-0.39, 0.29) is 30.1 Å². The van der Waals surface area contributed by atoms with Crippen LogP contribution in [-0.4, -0.2) is 48.1 Å². The number of benzene rings is 1. The molecule has 1 aromatic rings. The number of rotatable bonds is 4. The number of ether oxygens (including phenoxy) is 1. The highest BCUT2D eigenvalue weighted by atomic mass is 16.5. The zero-order valence-corrected chi connectivity index (χ0v) is 14.1. The fraction of sp³-hybridized carbons (Fsp3) is 0.529. The molecule has 6 nitrogen and oxygen atoms in total. The van der Waals surface area contributed by atoms with Crippen LogP contribution < -0.4 is 10.6 Å². The first-order valence-corrected chi connectivity index (χ1v) is 7.93. The molecule has 1 aromatic carbocycles. The average Bonchev–Trinajstić information content (AvgIpc) is 2.47. The highest BCUT2D eigenvalue weighted by Gasteiger charge is 2.29. The zero-order chi connectivity index (χ0) is 17.0. The van der Waals surface area contributed by atoms with Crippen molar-refractivity contribution in [3.8, 4) is 0 Å². The van der Waals surface area contributed by atoms with E-state index >= 15 is 0 Å². The first-order valence-electron chi connectivity index (χ1n) is 7.93. The van der Waals surface area contributed by atoms with Gasteiger partial charge in [0.1, 0.15) is 0 Å². The topological polar surface area (TPSA) is 70.7 Å².